The Morgan fingerprint density at radius 1 is 1.22 bits per heavy atom. The second-order valence-corrected chi connectivity index (χ2v) is 7.42. The van der Waals surface area contributed by atoms with Crippen molar-refractivity contribution in [2.75, 3.05) is 6.61 Å². The molecule has 0 aromatic heterocycles. The predicted octanol–water partition coefficient (Wildman–Crippen LogP) is 2.02. The largest absolute Gasteiger partial charge is 0.394 e. The maximum atomic E-state index is 12.4. The van der Waals surface area contributed by atoms with Crippen LogP contribution in [0.4, 0.5) is 0 Å². The van der Waals surface area contributed by atoms with Crippen molar-refractivity contribution in [2.45, 2.75) is 35.3 Å². The summed E-state index contributed by atoms with van der Waals surface area (Å²) in [4.78, 5) is 25.9. The minimum absolute atomic E-state index is 0.0741. The number of hydrogen-bond donors (Lipinski definition) is 2. The molecule has 126 valence electrons. The second-order valence-electron chi connectivity index (χ2n) is 5.44. The van der Waals surface area contributed by atoms with Gasteiger partial charge in [0.2, 0.25) is 11.8 Å². The Hall–Kier alpha value is -1.01. The van der Waals surface area contributed by atoms with Crippen molar-refractivity contribution < 1.29 is 14.7 Å². The average Bonchev–Trinajstić information content (AvgIpc) is 3.26. The lowest BCUT2D eigenvalue weighted by atomic mass is 10.0. The fourth-order valence-electron chi connectivity index (χ4n) is 2.54. The zero-order chi connectivity index (χ0) is 17.0. The summed E-state index contributed by atoms with van der Waals surface area (Å²) in [7, 11) is 0. The summed E-state index contributed by atoms with van der Waals surface area (Å²) in [5, 5.41) is 12.1. The maximum absolute atomic E-state index is 12.4. The van der Waals surface area contributed by atoms with Crippen LogP contribution in [-0.4, -0.2) is 44.3 Å². The zero-order valence-corrected chi connectivity index (χ0v) is 14.5. The highest BCUT2D eigenvalue weighted by Crippen LogP contribution is 2.40. The molecular weight excluding hydrogens is 363 g/mol. The molecule has 1 unspecified atom stereocenters. The molecule has 2 amide bonds. The highest BCUT2D eigenvalue weighted by atomic mass is 35.6. The summed E-state index contributed by atoms with van der Waals surface area (Å²) in [6.07, 6.45) is 1.39. The van der Waals surface area contributed by atoms with Crippen LogP contribution in [-0.2, 0) is 16.1 Å². The van der Waals surface area contributed by atoms with Crippen LogP contribution < -0.4 is 5.32 Å². The minimum Gasteiger partial charge on any atom is -0.394 e. The zero-order valence-electron chi connectivity index (χ0n) is 12.2. The van der Waals surface area contributed by atoms with Crippen LogP contribution in [0.5, 0.6) is 0 Å². The summed E-state index contributed by atoms with van der Waals surface area (Å²) in [6.45, 7) is 0.0144. The second kappa shape index (κ2) is 7.71. The fraction of sp³-hybridized carbons (Fsp3) is 0.467. The van der Waals surface area contributed by atoms with Crippen molar-refractivity contribution in [2.24, 2.45) is 0 Å². The first-order valence-corrected chi connectivity index (χ1v) is 8.40. The van der Waals surface area contributed by atoms with Gasteiger partial charge in [0.15, 0.2) is 4.30 Å². The van der Waals surface area contributed by atoms with Crippen molar-refractivity contribution >= 4 is 46.6 Å². The van der Waals surface area contributed by atoms with Crippen molar-refractivity contribution in [1.29, 1.82) is 0 Å². The van der Waals surface area contributed by atoms with Gasteiger partial charge >= 0.3 is 0 Å². The molecule has 2 N–H and O–H groups in total. The third kappa shape index (κ3) is 4.51. The van der Waals surface area contributed by atoms with Crippen LogP contribution >= 0.6 is 34.8 Å². The third-order valence-electron chi connectivity index (χ3n) is 3.83. The first kappa shape index (κ1) is 18.3. The number of carbonyl (C=O) groups excluding carboxylic acids is 2. The van der Waals surface area contributed by atoms with Gasteiger partial charge in [-0.25, -0.2) is 0 Å². The number of alkyl halides is 3. The Bertz CT molecular complexity index is 562. The first-order valence-electron chi connectivity index (χ1n) is 7.10. The number of halogens is 3. The van der Waals surface area contributed by atoms with Gasteiger partial charge in [-0.1, -0.05) is 65.1 Å². The Labute approximate surface area is 149 Å². The topological polar surface area (TPSA) is 69.6 Å². The van der Waals surface area contributed by atoms with E-state index in [0.717, 1.165) is 5.56 Å². The molecule has 1 spiro atoms. The van der Waals surface area contributed by atoms with E-state index in [1.54, 1.807) is 0 Å². The fourth-order valence-corrected chi connectivity index (χ4v) is 2.54. The average molecular weight is 380 g/mol. The third-order valence-corrected chi connectivity index (χ3v) is 3.83. The molecule has 8 heteroatoms. The monoisotopic (exact) mass is 378 g/mol. The molecule has 1 atom stereocenters. The minimum atomic E-state index is -0.779. The van der Waals surface area contributed by atoms with E-state index in [1.165, 1.54) is 4.90 Å². The van der Waals surface area contributed by atoms with Crippen LogP contribution in [0, 0.1) is 0 Å². The Morgan fingerprint density at radius 3 is 2.26 bits per heavy atom. The van der Waals surface area contributed by atoms with E-state index < -0.39 is 15.9 Å². The summed E-state index contributed by atoms with van der Waals surface area (Å²) in [5.74, 6) is -0.328. The van der Waals surface area contributed by atoms with Crippen molar-refractivity contribution in [3.63, 3.8) is 0 Å². The molecule has 2 aliphatic rings. The van der Waals surface area contributed by atoms with Crippen LogP contribution in [0.1, 0.15) is 18.4 Å². The lowest BCUT2D eigenvalue weighted by Gasteiger charge is -2.38. The van der Waals surface area contributed by atoms with E-state index >= 15 is 0 Å². The van der Waals surface area contributed by atoms with Gasteiger partial charge in [-0.15, -0.1) is 0 Å². The smallest absolute Gasteiger partial charge is 0.249 e. The van der Waals surface area contributed by atoms with E-state index in [-0.39, 0.29) is 18.4 Å². The van der Waals surface area contributed by atoms with Crippen LogP contribution in [0.15, 0.2) is 30.3 Å². The number of carbonyl (C=O) groups is 2. The molecule has 0 radical (unpaired) electrons. The van der Waals surface area contributed by atoms with Gasteiger partial charge in [0, 0.05) is 6.54 Å². The molecule has 23 heavy (non-hydrogen) atoms. The normalized spacial score (nSPS) is 21.8. The molecule has 1 saturated carbocycles. The number of aliphatic hydroxyl groups excluding tert-OH is 1. The summed E-state index contributed by atoms with van der Waals surface area (Å²) in [6, 6.07) is 8.73. The molecule has 5 nitrogen and oxygen atoms in total. The van der Waals surface area contributed by atoms with E-state index in [1.807, 2.05) is 30.3 Å². The van der Waals surface area contributed by atoms with Crippen LogP contribution in [0.25, 0.3) is 0 Å². The van der Waals surface area contributed by atoms with Gasteiger partial charge in [-0.3, -0.25) is 9.59 Å². The standard InChI is InChI=1S/C14H16N2O3.CHCl3/c17-9-11-12(18)15-14(6-7-14)13(19)16(11)8-10-4-2-1-3-5-10;2-1(3)4/h1-5,11,17H,6-9H2,(H,15,18);1H. The van der Waals surface area contributed by atoms with Gasteiger partial charge in [-0.2, -0.15) is 0 Å². The molecule has 0 bridgehead atoms. The molecule has 1 aromatic rings. The molecule has 1 aliphatic heterocycles. The number of amides is 2. The Balaban J connectivity index is 0.000000433. The Kier molecular flexibility index (Phi) is 6.14. The quantitative estimate of drug-likeness (QED) is 0.790. The maximum Gasteiger partial charge on any atom is 0.249 e. The summed E-state index contributed by atoms with van der Waals surface area (Å²) < 4.78 is -0.750. The molecule has 1 aliphatic carbocycles. The van der Waals surface area contributed by atoms with Gasteiger partial charge < -0.3 is 15.3 Å². The molecule has 3 rings (SSSR count). The van der Waals surface area contributed by atoms with Gasteiger partial charge in [0.05, 0.1) is 6.61 Å². The molecule has 1 heterocycles. The molecule has 1 saturated heterocycles. The number of piperazine rings is 1. The Morgan fingerprint density at radius 2 is 1.78 bits per heavy atom. The number of aliphatic hydroxyl groups is 1. The lowest BCUT2D eigenvalue weighted by Crippen LogP contribution is -2.65. The highest BCUT2D eigenvalue weighted by molar-refractivity contribution is 6.63. The highest BCUT2D eigenvalue weighted by Gasteiger charge is 2.58. The van der Waals surface area contributed by atoms with E-state index in [2.05, 4.69) is 5.32 Å². The molecule has 1 aromatic carbocycles. The summed E-state index contributed by atoms with van der Waals surface area (Å²) >= 11 is 14.4. The van der Waals surface area contributed by atoms with Crippen LogP contribution in [0.3, 0.4) is 0 Å². The molecule has 2 fully saturated rings. The first-order chi connectivity index (χ1) is 10.9. The van der Waals surface area contributed by atoms with Gasteiger partial charge in [-0.05, 0) is 18.4 Å². The summed E-state index contributed by atoms with van der Waals surface area (Å²) in [5.41, 5.74) is 0.275. The predicted molar refractivity (Wildman–Crippen MR) is 89.3 cm³/mol. The lowest BCUT2D eigenvalue weighted by molar-refractivity contribution is -0.153. The number of nitrogens with one attached hydrogen (secondary N) is 1. The van der Waals surface area contributed by atoms with Crippen molar-refractivity contribution in [1.82, 2.24) is 10.2 Å². The number of hydrogen-bond acceptors (Lipinski definition) is 3. The number of rotatable bonds is 3. The molecular formula is C15H17Cl3N2O3. The number of nitrogens with zero attached hydrogens (tertiary/aromatic N) is 1. The van der Waals surface area contributed by atoms with E-state index in [9.17, 15) is 14.7 Å². The SMILES string of the molecule is ClC(Cl)Cl.O=C1NC2(CC2)C(=O)N(Cc2ccccc2)C1CO. The van der Waals surface area contributed by atoms with Crippen molar-refractivity contribution in [3.8, 4) is 0 Å². The number of benzene rings is 1. The van der Waals surface area contributed by atoms with Crippen LogP contribution in [0.2, 0.25) is 0 Å². The van der Waals surface area contributed by atoms with Crippen molar-refractivity contribution in [3.05, 3.63) is 35.9 Å². The van der Waals surface area contributed by atoms with E-state index in [0.29, 0.717) is 19.4 Å². The van der Waals surface area contributed by atoms with Gasteiger partial charge in [0.1, 0.15) is 11.6 Å². The van der Waals surface area contributed by atoms with Gasteiger partial charge in [0.25, 0.3) is 0 Å². The van der Waals surface area contributed by atoms with E-state index in [4.69, 9.17) is 34.8 Å².